The topological polar surface area (TPSA) is 39.9 Å². The van der Waals surface area contributed by atoms with Crippen molar-refractivity contribution in [3.05, 3.63) is 42.0 Å². The number of aromatic nitrogens is 3. The minimum Gasteiger partial charge on any atom is -0.377 e. The Morgan fingerprint density at radius 3 is 2.50 bits per heavy atom. The number of benzene rings is 1. The molecule has 0 aliphatic carbocycles. The maximum Gasteiger partial charge on any atom is 0.163 e. The van der Waals surface area contributed by atoms with Crippen LogP contribution in [0.25, 0.3) is 5.69 Å². The van der Waals surface area contributed by atoms with Crippen molar-refractivity contribution in [1.82, 2.24) is 14.8 Å². The van der Waals surface area contributed by atoms with E-state index in [2.05, 4.69) is 26.1 Å². The summed E-state index contributed by atoms with van der Waals surface area (Å²) in [5, 5.41) is 8.89. The molecule has 0 saturated heterocycles. The Balaban J connectivity index is 2.48. The highest BCUT2D eigenvalue weighted by Gasteiger charge is 2.11. The Morgan fingerprint density at radius 1 is 1.19 bits per heavy atom. The fourth-order valence-corrected chi connectivity index (χ4v) is 1.90. The van der Waals surface area contributed by atoms with Crippen molar-refractivity contribution in [1.29, 1.82) is 0 Å². The van der Waals surface area contributed by atoms with Gasteiger partial charge in [-0.15, -0.1) is 10.2 Å². The van der Waals surface area contributed by atoms with Crippen molar-refractivity contribution < 1.29 is 4.74 Å². The normalized spacial score (nSPS) is 10.6. The molecule has 2 aromatic rings. The molecule has 84 valence electrons. The van der Waals surface area contributed by atoms with Crippen molar-refractivity contribution in [2.75, 3.05) is 7.11 Å². The van der Waals surface area contributed by atoms with E-state index in [0.29, 0.717) is 11.9 Å². The Hall–Kier alpha value is -1.20. The molecule has 1 heterocycles. The quantitative estimate of drug-likeness (QED) is 0.808. The fourth-order valence-electron chi connectivity index (χ4n) is 1.54. The van der Waals surface area contributed by atoms with Crippen LogP contribution in [0.5, 0.6) is 0 Å². The van der Waals surface area contributed by atoms with E-state index in [1.54, 1.807) is 7.11 Å². The van der Waals surface area contributed by atoms with Crippen LogP contribution in [0.3, 0.4) is 0 Å². The van der Waals surface area contributed by atoms with Crippen LogP contribution in [-0.2, 0) is 16.7 Å². The van der Waals surface area contributed by atoms with Crippen LogP contribution in [-0.4, -0.2) is 21.9 Å². The lowest BCUT2D eigenvalue weighted by molar-refractivity contribution is 0.176. The first-order valence-corrected chi connectivity index (χ1v) is 6.02. The van der Waals surface area contributed by atoms with Crippen LogP contribution in [0.2, 0.25) is 0 Å². The van der Waals surface area contributed by atoms with Gasteiger partial charge in [0, 0.05) is 12.8 Å². The Labute approximate surface area is 102 Å². The lowest BCUT2D eigenvalue weighted by Gasteiger charge is -2.08. The lowest BCUT2D eigenvalue weighted by Crippen LogP contribution is -2.05. The molecule has 2 rings (SSSR count). The molecule has 0 spiro atoms. The van der Waals surface area contributed by atoms with Crippen LogP contribution >= 0.6 is 15.9 Å². The van der Waals surface area contributed by atoms with Gasteiger partial charge in [-0.25, -0.2) is 0 Å². The van der Waals surface area contributed by atoms with Crippen LogP contribution in [0.15, 0.2) is 30.3 Å². The van der Waals surface area contributed by atoms with Gasteiger partial charge < -0.3 is 4.74 Å². The Kier molecular flexibility index (Phi) is 3.69. The van der Waals surface area contributed by atoms with Crippen LogP contribution in [0.4, 0.5) is 0 Å². The molecule has 0 bridgehead atoms. The minimum absolute atomic E-state index is 0.453. The van der Waals surface area contributed by atoms with E-state index in [0.717, 1.165) is 17.3 Å². The molecule has 4 nitrogen and oxygen atoms in total. The standard InChI is InChI=1S/C11H12BrN3O/c1-16-8-11-14-13-10(7-12)15(11)9-5-3-2-4-6-9/h2-6H,7-8H2,1H3. The summed E-state index contributed by atoms with van der Waals surface area (Å²) in [5.74, 6) is 1.68. The molecule has 5 heteroatoms. The van der Waals surface area contributed by atoms with Gasteiger partial charge in [-0.2, -0.15) is 0 Å². The SMILES string of the molecule is COCc1nnc(CBr)n1-c1ccccc1. The number of hydrogen-bond donors (Lipinski definition) is 0. The number of rotatable bonds is 4. The van der Waals surface area contributed by atoms with Crippen LogP contribution in [0.1, 0.15) is 11.6 Å². The van der Waals surface area contributed by atoms with Gasteiger partial charge in [-0.05, 0) is 12.1 Å². The van der Waals surface area contributed by atoms with E-state index >= 15 is 0 Å². The lowest BCUT2D eigenvalue weighted by atomic mass is 10.3. The molecule has 0 aliphatic rings. The van der Waals surface area contributed by atoms with E-state index in [1.165, 1.54) is 0 Å². The van der Waals surface area contributed by atoms with E-state index in [4.69, 9.17) is 4.74 Å². The molecule has 16 heavy (non-hydrogen) atoms. The minimum atomic E-state index is 0.453. The summed E-state index contributed by atoms with van der Waals surface area (Å²) in [6, 6.07) is 10.0. The highest BCUT2D eigenvalue weighted by atomic mass is 79.9. The van der Waals surface area contributed by atoms with Crippen molar-refractivity contribution in [2.24, 2.45) is 0 Å². The van der Waals surface area contributed by atoms with Gasteiger partial charge in [-0.3, -0.25) is 4.57 Å². The number of hydrogen-bond acceptors (Lipinski definition) is 3. The molecule has 1 aromatic carbocycles. The number of nitrogens with zero attached hydrogens (tertiary/aromatic N) is 3. The number of ether oxygens (including phenoxy) is 1. The molecule has 0 saturated carbocycles. The summed E-state index contributed by atoms with van der Waals surface area (Å²) < 4.78 is 7.11. The van der Waals surface area contributed by atoms with E-state index in [1.807, 2.05) is 34.9 Å². The summed E-state index contributed by atoms with van der Waals surface area (Å²) in [7, 11) is 1.65. The first-order valence-electron chi connectivity index (χ1n) is 4.90. The smallest absolute Gasteiger partial charge is 0.163 e. The molecule has 1 aromatic heterocycles. The fraction of sp³-hybridized carbons (Fsp3) is 0.273. The highest BCUT2D eigenvalue weighted by Crippen LogP contribution is 2.15. The van der Waals surface area contributed by atoms with E-state index in [-0.39, 0.29) is 0 Å². The number of para-hydroxylation sites is 1. The Morgan fingerprint density at radius 2 is 1.88 bits per heavy atom. The molecular formula is C11H12BrN3O. The third-order valence-electron chi connectivity index (χ3n) is 2.20. The van der Waals surface area contributed by atoms with E-state index in [9.17, 15) is 0 Å². The number of alkyl halides is 1. The second kappa shape index (κ2) is 5.23. The van der Waals surface area contributed by atoms with Gasteiger partial charge in [-0.1, -0.05) is 34.1 Å². The average molecular weight is 282 g/mol. The first kappa shape index (κ1) is 11.3. The zero-order valence-corrected chi connectivity index (χ0v) is 10.5. The van der Waals surface area contributed by atoms with Gasteiger partial charge in [0.25, 0.3) is 0 Å². The molecule has 0 N–H and O–H groups in total. The predicted molar refractivity (Wildman–Crippen MR) is 64.7 cm³/mol. The van der Waals surface area contributed by atoms with Crippen molar-refractivity contribution in [3.63, 3.8) is 0 Å². The molecule has 0 radical (unpaired) electrons. The number of halogens is 1. The summed E-state index contributed by atoms with van der Waals surface area (Å²) in [4.78, 5) is 0. The predicted octanol–water partition coefficient (Wildman–Crippen LogP) is 2.31. The maximum absolute atomic E-state index is 5.11. The zero-order valence-electron chi connectivity index (χ0n) is 8.93. The molecule has 0 amide bonds. The van der Waals surface area contributed by atoms with Crippen LogP contribution < -0.4 is 0 Å². The first-order chi connectivity index (χ1) is 7.86. The monoisotopic (exact) mass is 281 g/mol. The summed E-state index contributed by atoms with van der Waals surface area (Å²) in [6.07, 6.45) is 0. The van der Waals surface area contributed by atoms with Gasteiger partial charge in [0.2, 0.25) is 0 Å². The number of methoxy groups -OCH3 is 1. The zero-order chi connectivity index (χ0) is 11.4. The van der Waals surface area contributed by atoms with Gasteiger partial charge >= 0.3 is 0 Å². The molecule has 0 fully saturated rings. The second-order valence-electron chi connectivity index (χ2n) is 3.27. The average Bonchev–Trinajstić information content (AvgIpc) is 2.74. The summed E-state index contributed by atoms with van der Waals surface area (Å²) in [5.41, 5.74) is 1.05. The third kappa shape index (κ3) is 2.15. The maximum atomic E-state index is 5.11. The Bertz CT molecular complexity index is 456. The van der Waals surface area contributed by atoms with Crippen LogP contribution in [0, 0.1) is 0 Å². The van der Waals surface area contributed by atoms with Crippen molar-refractivity contribution in [2.45, 2.75) is 11.9 Å². The van der Waals surface area contributed by atoms with Crippen molar-refractivity contribution >= 4 is 15.9 Å². The third-order valence-corrected chi connectivity index (χ3v) is 2.71. The molecule has 0 unspecified atom stereocenters. The molecular weight excluding hydrogens is 270 g/mol. The summed E-state index contributed by atoms with van der Waals surface area (Å²) >= 11 is 3.41. The molecule has 0 atom stereocenters. The largest absolute Gasteiger partial charge is 0.377 e. The summed E-state index contributed by atoms with van der Waals surface area (Å²) in [6.45, 7) is 0.453. The highest BCUT2D eigenvalue weighted by molar-refractivity contribution is 9.08. The van der Waals surface area contributed by atoms with Gasteiger partial charge in [0.1, 0.15) is 12.4 Å². The molecule has 0 aliphatic heterocycles. The van der Waals surface area contributed by atoms with Gasteiger partial charge in [0.15, 0.2) is 5.82 Å². The van der Waals surface area contributed by atoms with Crippen molar-refractivity contribution in [3.8, 4) is 5.69 Å². The second-order valence-corrected chi connectivity index (χ2v) is 3.83. The van der Waals surface area contributed by atoms with E-state index < -0.39 is 0 Å². The van der Waals surface area contributed by atoms with Gasteiger partial charge in [0.05, 0.1) is 5.33 Å².